The molecular weight excluding hydrogens is 264 g/mol. The van der Waals surface area contributed by atoms with Gasteiger partial charge in [0, 0.05) is 17.7 Å². The second kappa shape index (κ2) is 5.97. The molecule has 0 unspecified atom stereocenters. The fraction of sp³-hybridized carbons (Fsp3) is 0.235. The highest BCUT2D eigenvalue weighted by molar-refractivity contribution is 5.79. The molecule has 0 fully saturated rings. The predicted octanol–water partition coefficient (Wildman–Crippen LogP) is 3.78. The fourth-order valence-corrected chi connectivity index (χ4v) is 2.34. The van der Waals surface area contributed by atoms with Gasteiger partial charge < -0.3 is 14.5 Å². The molecule has 1 heterocycles. The minimum Gasteiger partial charge on any atom is -0.496 e. The maximum atomic E-state index is 5.50. The van der Waals surface area contributed by atoms with Crippen LogP contribution in [0.15, 0.2) is 42.5 Å². The number of nitrogens with zero attached hydrogens (tertiary/aromatic N) is 1. The van der Waals surface area contributed by atoms with Crippen LogP contribution < -0.4 is 4.74 Å². The number of aromatic amines is 1. The lowest BCUT2D eigenvalue weighted by molar-refractivity contribution is 0.132. The van der Waals surface area contributed by atoms with Crippen molar-refractivity contribution in [2.45, 2.75) is 13.5 Å². The Morgan fingerprint density at radius 1 is 1.14 bits per heavy atom. The molecule has 4 heteroatoms. The van der Waals surface area contributed by atoms with Crippen molar-refractivity contribution in [2.75, 3.05) is 13.7 Å². The number of para-hydroxylation sites is 2. The maximum Gasteiger partial charge on any atom is 0.138 e. The van der Waals surface area contributed by atoms with Gasteiger partial charge in [0.25, 0.3) is 0 Å². The third-order valence-electron chi connectivity index (χ3n) is 3.40. The molecule has 0 aliphatic heterocycles. The molecule has 3 aromatic rings. The van der Waals surface area contributed by atoms with Crippen molar-refractivity contribution in [1.29, 1.82) is 0 Å². The monoisotopic (exact) mass is 282 g/mol. The summed E-state index contributed by atoms with van der Waals surface area (Å²) in [6, 6.07) is 14.0. The second-order valence-corrected chi connectivity index (χ2v) is 4.77. The van der Waals surface area contributed by atoms with E-state index in [4.69, 9.17) is 9.47 Å². The van der Waals surface area contributed by atoms with E-state index in [2.05, 4.69) is 16.0 Å². The zero-order valence-electron chi connectivity index (χ0n) is 12.2. The first-order chi connectivity index (χ1) is 10.3. The highest BCUT2D eigenvalue weighted by atomic mass is 16.5. The van der Waals surface area contributed by atoms with Gasteiger partial charge in [-0.3, -0.25) is 0 Å². The number of nitrogens with one attached hydrogen (secondary N) is 1. The summed E-state index contributed by atoms with van der Waals surface area (Å²) >= 11 is 0. The van der Waals surface area contributed by atoms with Crippen molar-refractivity contribution in [3.05, 3.63) is 48.0 Å². The first kappa shape index (κ1) is 13.6. The Kier molecular flexibility index (Phi) is 3.88. The highest BCUT2D eigenvalue weighted by Gasteiger charge is 2.09. The minimum absolute atomic E-state index is 0.535. The van der Waals surface area contributed by atoms with E-state index in [9.17, 15) is 0 Å². The Hall–Kier alpha value is -2.33. The molecule has 0 radical (unpaired) electrons. The fourth-order valence-electron chi connectivity index (χ4n) is 2.34. The van der Waals surface area contributed by atoms with Gasteiger partial charge in [0.1, 0.15) is 11.6 Å². The largest absolute Gasteiger partial charge is 0.496 e. The number of ether oxygens (including phenoxy) is 2. The average molecular weight is 282 g/mol. The zero-order valence-corrected chi connectivity index (χ0v) is 12.2. The van der Waals surface area contributed by atoms with Gasteiger partial charge in [-0.1, -0.05) is 12.1 Å². The number of hydrogen-bond donors (Lipinski definition) is 1. The van der Waals surface area contributed by atoms with E-state index in [0.29, 0.717) is 13.2 Å². The molecule has 1 aromatic heterocycles. The second-order valence-electron chi connectivity index (χ2n) is 4.77. The predicted molar refractivity (Wildman–Crippen MR) is 83.4 cm³/mol. The maximum absolute atomic E-state index is 5.50. The van der Waals surface area contributed by atoms with Gasteiger partial charge in [-0.05, 0) is 37.3 Å². The third-order valence-corrected chi connectivity index (χ3v) is 3.40. The van der Waals surface area contributed by atoms with Crippen molar-refractivity contribution in [3.63, 3.8) is 0 Å². The van der Waals surface area contributed by atoms with Crippen LogP contribution in [-0.2, 0) is 11.3 Å². The molecule has 0 bridgehead atoms. The van der Waals surface area contributed by atoms with Gasteiger partial charge in [0.15, 0.2) is 0 Å². The lowest BCUT2D eigenvalue weighted by Crippen LogP contribution is -1.97. The molecule has 0 saturated carbocycles. The topological polar surface area (TPSA) is 47.1 Å². The van der Waals surface area contributed by atoms with E-state index in [1.54, 1.807) is 7.11 Å². The summed E-state index contributed by atoms with van der Waals surface area (Å²) in [5.74, 6) is 1.69. The Labute approximate surface area is 123 Å². The lowest BCUT2D eigenvalue weighted by atomic mass is 10.1. The Balaban J connectivity index is 2.01. The molecule has 0 aliphatic rings. The standard InChI is InChI=1S/C17H18N2O2/c1-3-21-11-13-10-12(8-9-16(13)20-2)17-18-14-6-4-5-7-15(14)19-17/h4-10H,3,11H2,1-2H3,(H,18,19). The molecular formula is C17H18N2O2. The smallest absolute Gasteiger partial charge is 0.138 e. The first-order valence-corrected chi connectivity index (χ1v) is 7.01. The summed E-state index contributed by atoms with van der Waals surface area (Å²) in [6.45, 7) is 3.20. The Bertz CT molecular complexity index is 716. The molecule has 108 valence electrons. The first-order valence-electron chi connectivity index (χ1n) is 7.01. The van der Waals surface area contributed by atoms with E-state index in [0.717, 1.165) is 33.7 Å². The number of fused-ring (bicyclic) bond motifs is 1. The lowest BCUT2D eigenvalue weighted by Gasteiger charge is -2.09. The summed E-state index contributed by atoms with van der Waals surface area (Å²) in [4.78, 5) is 7.96. The van der Waals surface area contributed by atoms with Crippen LogP contribution in [0.4, 0.5) is 0 Å². The van der Waals surface area contributed by atoms with E-state index >= 15 is 0 Å². The van der Waals surface area contributed by atoms with Crippen LogP contribution in [-0.4, -0.2) is 23.7 Å². The van der Waals surface area contributed by atoms with Crippen LogP contribution in [0.5, 0.6) is 5.75 Å². The van der Waals surface area contributed by atoms with Gasteiger partial charge in [0.05, 0.1) is 24.8 Å². The average Bonchev–Trinajstić information content (AvgIpc) is 2.96. The number of H-pyrrole nitrogens is 1. The molecule has 3 rings (SSSR count). The summed E-state index contributed by atoms with van der Waals surface area (Å²) in [6.07, 6.45) is 0. The van der Waals surface area contributed by atoms with Gasteiger partial charge in [-0.15, -0.1) is 0 Å². The van der Waals surface area contributed by atoms with Crippen LogP contribution >= 0.6 is 0 Å². The SMILES string of the molecule is CCOCc1cc(-c2nc3ccccc3[nH]2)ccc1OC. The van der Waals surface area contributed by atoms with Crippen LogP contribution in [0.1, 0.15) is 12.5 Å². The van der Waals surface area contributed by atoms with Crippen molar-refractivity contribution in [1.82, 2.24) is 9.97 Å². The van der Waals surface area contributed by atoms with Crippen molar-refractivity contribution in [3.8, 4) is 17.1 Å². The zero-order chi connectivity index (χ0) is 14.7. The quantitative estimate of drug-likeness (QED) is 0.774. The van der Waals surface area contributed by atoms with E-state index < -0.39 is 0 Å². The van der Waals surface area contributed by atoms with Gasteiger partial charge in [-0.2, -0.15) is 0 Å². The minimum atomic E-state index is 0.535. The van der Waals surface area contributed by atoms with Crippen molar-refractivity contribution >= 4 is 11.0 Å². The number of imidazole rings is 1. The summed E-state index contributed by atoms with van der Waals surface area (Å²) < 4.78 is 10.9. The molecule has 0 saturated heterocycles. The molecule has 1 N–H and O–H groups in total. The molecule has 0 atom stereocenters. The van der Waals surface area contributed by atoms with Crippen LogP contribution in [0.2, 0.25) is 0 Å². The van der Waals surface area contributed by atoms with Crippen molar-refractivity contribution < 1.29 is 9.47 Å². The van der Waals surface area contributed by atoms with Gasteiger partial charge in [0.2, 0.25) is 0 Å². The number of aromatic nitrogens is 2. The molecule has 0 amide bonds. The van der Waals surface area contributed by atoms with Gasteiger partial charge in [-0.25, -0.2) is 4.98 Å². The van der Waals surface area contributed by atoms with Crippen molar-refractivity contribution in [2.24, 2.45) is 0 Å². The molecule has 0 aliphatic carbocycles. The van der Waals surface area contributed by atoms with E-state index in [-0.39, 0.29) is 0 Å². The number of hydrogen-bond acceptors (Lipinski definition) is 3. The van der Waals surface area contributed by atoms with Gasteiger partial charge >= 0.3 is 0 Å². The van der Waals surface area contributed by atoms with Crippen LogP contribution in [0.3, 0.4) is 0 Å². The number of benzene rings is 2. The summed E-state index contributed by atoms with van der Waals surface area (Å²) in [5.41, 5.74) is 4.06. The van der Waals surface area contributed by atoms with Crippen LogP contribution in [0, 0.1) is 0 Å². The normalized spacial score (nSPS) is 11.0. The third kappa shape index (κ3) is 2.76. The molecule has 2 aromatic carbocycles. The van der Waals surface area contributed by atoms with E-state index in [1.807, 2.05) is 43.3 Å². The molecule has 0 spiro atoms. The Morgan fingerprint density at radius 2 is 2.00 bits per heavy atom. The molecule has 4 nitrogen and oxygen atoms in total. The highest BCUT2D eigenvalue weighted by Crippen LogP contribution is 2.27. The number of methoxy groups -OCH3 is 1. The number of rotatable bonds is 5. The summed E-state index contributed by atoms with van der Waals surface area (Å²) in [5, 5.41) is 0. The molecule has 21 heavy (non-hydrogen) atoms. The van der Waals surface area contributed by atoms with Crippen LogP contribution in [0.25, 0.3) is 22.4 Å². The van der Waals surface area contributed by atoms with E-state index in [1.165, 1.54) is 0 Å². The Morgan fingerprint density at radius 3 is 2.76 bits per heavy atom. The summed E-state index contributed by atoms with van der Waals surface area (Å²) in [7, 11) is 1.67.